The van der Waals surface area contributed by atoms with Crippen molar-refractivity contribution >= 4 is 0 Å². The Balaban J connectivity index is 1.99. The molecule has 1 nitrogen and oxygen atoms in total. The van der Waals surface area contributed by atoms with Gasteiger partial charge in [0.25, 0.3) is 0 Å². The molecule has 0 amide bonds. The number of hydrogen-bond acceptors (Lipinski definition) is 1. The van der Waals surface area contributed by atoms with Gasteiger partial charge in [-0.05, 0) is 70.9 Å². The van der Waals surface area contributed by atoms with Crippen molar-refractivity contribution in [3.8, 4) is 0 Å². The zero-order chi connectivity index (χ0) is 15.3. The first-order valence-electron chi connectivity index (χ1n) is 8.74. The fourth-order valence-electron chi connectivity index (χ4n) is 3.46. The molecule has 2 atom stereocenters. The quantitative estimate of drug-likeness (QED) is 0.758. The number of hydrogen-bond donors (Lipinski definition) is 1. The summed E-state index contributed by atoms with van der Waals surface area (Å²) >= 11 is 0. The highest BCUT2D eigenvalue weighted by Gasteiger charge is 2.25. The van der Waals surface area contributed by atoms with Gasteiger partial charge in [0.05, 0.1) is 0 Å². The van der Waals surface area contributed by atoms with Crippen LogP contribution in [0.15, 0.2) is 24.3 Å². The summed E-state index contributed by atoms with van der Waals surface area (Å²) < 4.78 is 0. The molecule has 1 saturated carbocycles. The van der Waals surface area contributed by atoms with Crippen molar-refractivity contribution in [1.29, 1.82) is 0 Å². The van der Waals surface area contributed by atoms with Crippen molar-refractivity contribution in [2.45, 2.75) is 71.8 Å². The minimum Gasteiger partial charge on any atom is -0.312 e. The third kappa shape index (κ3) is 5.82. The van der Waals surface area contributed by atoms with E-state index in [2.05, 4.69) is 57.3 Å². The molecule has 0 spiro atoms. The van der Waals surface area contributed by atoms with Crippen LogP contribution in [-0.4, -0.2) is 12.1 Å². The molecule has 118 valence electrons. The third-order valence-electron chi connectivity index (χ3n) is 4.83. The predicted octanol–water partition coefficient (Wildman–Crippen LogP) is 5.12. The first kappa shape index (κ1) is 16.5. The molecule has 1 fully saturated rings. The minimum atomic E-state index is 0.237. The van der Waals surface area contributed by atoms with Crippen LogP contribution in [0, 0.1) is 18.8 Å². The van der Waals surface area contributed by atoms with Gasteiger partial charge in [0.15, 0.2) is 0 Å². The van der Waals surface area contributed by atoms with E-state index < -0.39 is 0 Å². The van der Waals surface area contributed by atoms with Gasteiger partial charge in [0.1, 0.15) is 0 Å². The molecule has 1 aliphatic carbocycles. The molecule has 1 aromatic carbocycles. The standard InChI is InChI=1S/C20H33N/c1-16-10-12-17(13-11-16)14-18-8-6-5-7-9-19(18)15-21-20(2,3)4/h10-13,18-19,21H,5-9,14-15H2,1-4H3. The van der Waals surface area contributed by atoms with Crippen molar-refractivity contribution < 1.29 is 0 Å². The van der Waals surface area contributed by atoms with Gasteiger partial charge in [-0.15, -0.1) is 0 Å². The van der Waals surface area contributed by atoms with Crippen LogP contribution in [0.5, 0.6) is 0 Å². The van der Waals surface area contributed by atoms with Gasteiger partial charge < -0.3 is 5.32 Å². The van der Waals surface area contributed by atoms with Gasteiger partial charge in [-0.3, -0.25) is 0 Å². The van der Waals surface area contributed by atoms with E-state index >= 15 is 0 Å². The van der Waals surface area contributed by atoms with Crippen LogP contribution in [0.2, 0.25) is 0 Å². The summed E-state index contributed by atoms with van der Waals surface area (Å²) in [5, 5.41) is 3.74. The van der Waals surface area contributed by atoms with Crippen molar-refractivity contribution in [2.75, 3.05) is 6.54 Å². The second kappa shape index (κ2) is 7.45. The number of aryl methyl sites for hydroxylation is 1. The Morgan fingerprint density at radius 1 is 0.952 bits per heavy atom. The molecule has 1 aliphatic rings. The molecular weight excluding hydrogens is 254 g/mol. The normalized spacial score (nSPS) is 23.8. The third-order valence-corrected chi connectivity index (χ3v) is 4.83. The average Bonchev–Trinajstić information content (AvgIpc) is 2.63. The highest BCUT2D eigenvalue weighted by Crippen LogP contribution is 2.31. The fraction of sp³-hybridized carbons (Fsp3) is 0.700. The first-order chi connectivity index (χ1) is 9.94. The maximum absolute atomic E-state index is 3.74. The van der Waals surface area contributed by atoms with Crippen LogP contribution < -0.4 is 5.32 Å². The molecule has 1 heteroatoms. The Kier molecular flexibility index (Phi) is 5.87. The molecular formula is C20H33N. The van der Waals surface area contributed by atoms with Gasteiger partial charge >= 0.3 is 0 Å². The second-order valence-electron chi connectivity index (χ2n) is 7.98. The molecule has 21 heavy (non-hydrogen) atoms. The maximum Gasteiger partial charge on any atom is 0.00966 e. The Bertz CT molecular complexity index is 412. The van der Waals surface area contributed by atoms with Crippen molar-refractivity contribution in [1.82, 2.24) is 5.32 Å². The van der Waals surface area contributed by atoms with Gasteiger partial charge in [0.2, 0.25) is 0 Å². The lowest BCUT2D eigenvalue weighted by Crippen LogP contribution is -2.40. The fourth-order valence-corrected chi connectivity index (χ4v) is 3.46. The highest BCUT2D eigenvalue weighted by molar-refractivity contribution is 5.21. The topological polar surface area (TPSA) is 12.0 Å². The zero-order valence-corrected chi connectivity index (χ0v) is 14.4. The summed E-state index contributed by atoms with van der Waals surface area (Å²) in [5.41, 5.74) is 3.12. The summed E-state index contributed by atoms with van der Waals surface area (Å²) in [7, 11) is 0. The van der Waals surface area contributed by atoms with Crippen LogP contribution in [0.25, 0.3) is 0 Å². The van der Waals surface area contributed by atoms with Crippen LogP contribution >= 0.6 is 0 Å². The predicted molar refractivity (Wildman–Crippen MR) is 92.7 cm³/mol. The molecule has 0 radical (unpaired) electrons. The lowest BCUT2D eigenvalue weighted by molar-refractivity contribution is 0.270. The van der Waals surface area contributed by atoms with Crippen LogP contribution in [0.1, 0.15) is 64.0 Å². The van der Waals surface area contributed by atoms with Crippen molar-refractivity contribution in [2.24, 2.45) is 11.8 Å². The first-order valence-corrected chi connectivity index (χ1v) is 8.74. The van der Waals surface area contributed by atoms with E-state index in [1.807, 2.05) is 0 Å². The zero-order valence-electron chi connectivity index (χ0n) is 14.4. The molecule has 2 unspecified atom stereocenters. The Hall–Kier alpha value is -0.820. The molecule has 0 aromatic heterocycles. The largest absolute Gasteiger partial charge is 0.312 e. The van der Waals surface area contributed by atoms with E-state index in [-0.39, 0.29) is 5.54 Å². The van der Waals surface area contributed by atoms with Gasteiger partial charge in [-0.25, -0.2) is 0 Å². The smallest absolute Gasteiger partial charge is 0.00966 e. The van der Waals surface area contributed by atoms with E-state index in [0.29, 0.717) is 0 Å². The number of rotatable bonds is 4. The van der Waals surface area contributed by atoms with Gasteiger partial charge in [-0.1, -0.05) is 49.1 Å². The lowest BCUT2D eigenvalue weighted by atomic mass is 9.82. The average molecular weight is 287 g/mol. The summed E-state index contributed by atoms with van der Waals surface area (Å²) in [6.07, 6.45) is 8.33. The Labute approximate surface area is 131 Å². The van der Waals surface area contributed by atoms with E-state index in [1.165, 1.54) is 56.2 Å². The van der Waals surface area contributed by atoms with Crippen molar-refractivity contribution in [3.05, 3.63) is 35.4 Å². The molecule has 1 N–H and O–H groups in total. The summed E-state index contributed by atoms with van der Waals surface area (Å²) in [5.74, 6) is 1.69. The minimum absolute atomic E-state index is 0.237. The maximum atomic E-state index is 3.74. The van der Waals surface area contributed by atoms with Gasteiger partial charge in [-0.2, -0.15) is 0 Å². The van der Waals surface area contributed by atoms with E-state index in [9.17, 15) is 0 Å². The summed E-state index contributed by atoms with van der Waals surface area (Å²) in [6, 6.07) is 9.17. The van der Waals surface area contributed by atoms with E-state index in [1.54, 1.807) is 0 Å². The monoisotopic (exact) mass is 287 g/mol. The molecule has 2 rings (SSSR count). The molecule has 0 saturated heterocycles. The highest BCUT2D eigenvalue weighted by atomic mass is 14.9. The lowest BCUT2D eigenvalue weighted by Gasteiger charge is -2.30. The van der Waals surface area contributed by atoms with Crippen LogP contribution in [0.3, 0.4) is 0 Å². The number of nitrogens with one attached hydrogen (secondary N) is 1. The van der Waals surface area contributed by atoms with Crippen LogP contribution in [0.4, 0.5) is 0 Å². The number of benzene rings is 1. The molecule has 1 aromatic rings. The van der Waals surface area contributed by atoms with E-state index in [4.69, 9.17) is 0 Å². The molecule has 0 aliphatic heterocycles. The van der Waals surface area contributed by atoms with E-state index in [0.717, 1.165) is 11.8 Å². The summed E-state index contributed by atoms with van der Waals surface area (Å²) in [6.45, 7) is 10.2. The molecule has 0 heterocycles. The summed E-state index contributed by atoms with van der Waals surface area (Å²) in [4.78, 5) is 0. The second-order valence-corrected chi connectivity index (χ2v) is 7.98. The van der Waals surface area contributed by atoms with Crippen molar-refractivity contribution in [3.63, 3.8) is 0 Å². The SMILES string of the molecule is Cc1ccc(CC2CCCCCC2CNC(C)(C)C)cc1. The molecule has 0 bridgehead atoms. The van der Waals surface area contributed by atoms with Gasteiger partial charge in [0, 0.05) is 5.54 Å². The Morgan fingerprint density at radius 2 is 1.57 bits per heavy atom. The van der Waals surface area contributed by atoms with Crippen LogP contribution in [-0.2, 0) is 6.42 Å². The Morgan fingerprint density at radius 3 is 2.19 bits per heavy atom.